The Bertz CT molecular complexity index is 438. The van der Waals surface area contributed by atoms with E-state index in [1.807, 2.05) is 20.8 Å². The number of carbonyl (C=O) groups excluding carboxylic acids is 1. The van der Waals surface area contributed by atoms with Crippen molar-refractivity contribution in [2.24, 2.45) is 0 Å². The number of benzene rings is 1. The van der Waals surface area contributed by atoms with Gasteiger partial charge in [-0.05, 0) is 32.9 Å². The van der Waals surface area contributed by atoms with E-state index < -0.39 is 0 Å². The highest BCUT2D eigenvalue weighted by molar-refractivity contribution is 5.96. The fourth-order valence-corrected chi connectivity index (χ4v) is 1.62. The van der Waals surface area contributed by atoms with Gasteiger partial charge in [0.2, 0.25) is 5.75 Å². The zero-order chi connectivity index (χ0) is 14.6. The lowest BCUT2D eigenvalue weighted by molar-refractivity contribution is 0.0918. The molecule has 0 radical (unpaired) electrons. The summed E-state index contributed by atoms with van der Waals surface area (Å²) in [6.07, 6.45) is 0. The first kappa shape index (κ1) is 15.1. The molecule has 0 heterocycles. The molecule has 0 aromatic heterocycles. The lowest BCUT2D eigenvalue weighted by Gasteiger charge is -2.21. The van der Waals surface area contributed by atoms with Crippen molar-refractivity contribution >= 4 is 5.91 Å². The first-order valence-corrected chi connectivity index (χ1v) is 5.95. The van der Waals surface area contributed by atoms with Crippen LogP contribution in [0.5, 0.6) is 17.2 Å². The molecule has 1 aromatic carbocycles. The molecule has 0 saturated carbocycles. The van der Waals surface area contributed by atoms with Crippen LogP contribution in [-0.4, -0.2) is 32.8 Å². The molecule has 0 aliphatic rings. The van der Waals surface area contributed by atoms with Crippen LogP contribution in [0, 0.1) is 0 Å². The van der Waals surface area contributed by atoms with Crippen molar-refractivity contribution in [2.45, 2.75) is 26.3 Å². The molecule has 0 saturated heterocycles. The summed E-state index contributed by atoms with van der Waals surface area (Å²) in [7, 11) is 4.56. The van der Waals surface area contributed by atoms with Crippen molar-refractivity contribution < 1.29 is 19.0 Å². The number of hydrogen-bond acceptors (Lipinski definition) is 4. The Morgan fingerprint density at radius 3 is 1.79 bits per heavy atom. The molecule has 0 atom stereocenters. The van der Waals surface area contributed by atoms with E-state index in [-0.39, 0.29) is 11.4 Å². The van der Waals surface area contributed by atoms with Crippen LogP contribution in [0.1, 0.15) is 31.1 Å². The molecule has 1 aromatic rings. The quantitative estimate of drug-likeness (QED) is 0.909. The van der Waals surface area contributed by atoms with Gasteiger partial charge in [0, 0.05) is 11.1 Å². The molecule has 0 fully saturated rings. The van der Waals surface area contributed by atoms with E-state index in [0.717, 1.165) is 0 Å². The first-order chi connectivity index (χ1) is 8.82. The topological polar surface area (TPSA) is 56.8 Å². The standard InChI is InChI=1S/C14H21NO4/c1-14(2,3)15-13(16)9-7-10(17-4)12(19-6)11(8-9)18-5/h7-8H,1-6H3,(H,15,16). The van der Waals surface area contributed by atoms with Crippen LogP contribution in [0.2, 0.25) is 0 Å². The summed E-state index contributed by atoms with van der Waals surface area (Å²) in [5.74, 6) is 1.20. The van der Waals surface area contributed by atoms with E-state index in [0.29, 0.717) is 22.8 Å². The van der Waals surface area contributed by atoms with Crippen LogP contribution in [0.25, 0.3) is 0 Å². The van der Waals surface area contributed by atoms with Gasteiger partial charge in [-0.3, -0.25) is 4.79 Å². The normalized spacial score (nSPS) is 10.8. The second kappa shape index (κ2) is 5.82. The van der Waals surface area contributed by atoms with E-state index in [1.54, 1.807) is 12.1 Å². The van der Waals surface area contributed by atoms with Crippen molar-refractivity contribution in [1.29, 1.82) is 0 Å². The van der Waals surface area contributed by atoms with Crippen molar-refractivity contribution in [2.75, 3.05) is 21.3 Å². The molecule has 1 rings (SSSR count). The summed E-state index contributed by atoms with van der Waals surface area (Å²) < 4.78 is 15.6. The Morgan fingerprint density at radius 2 is 1.47 bits per heavy atom. The number of carbonyl (C=O) groups is 1. The van der Waals surface area contributed by atoms with E-state index in [9.17, 15) is 4.79 Å². The van der Waals surface area contributed by atoms with Gasteiger partial charge in [-0.1, -0.05) is 0 Å². The van der Waals surface area contributed by atoms with Gasteiger partial charge in [-0.2, -0.15) is 0 Å². The molecular formula is C14H21NO4. The highest BCUT2D eigenvalue weighted by atomic mass is 16.5. The average molecular weight is 267 g/mol. The maximum atomic E-state index is 12.1. The molecule has 1 amide bonds. The Hall–Kier alpha value is -1.91. The lowest BCUT2D eigenvalue weighted by atomic mass is 10.1. The number of rotatable bonds is 4. The van der Waals surface area contributed by atoms with E-state index in [4.69, 9.17) is 14.2 Å². The van der Waals surface area contributed by atoms with Crippen LogP contribution >= 0.6 is 0 Å². The third-order valence-corrected chi connectivity index (χ3v) is 2.42. The lowest BCUT2D eigenvalue weighted by Crippen LogP contribution is -2.40. The molecule has 0 bridgehead atoms. The molecule has 5 heteroatoms. The molecule has 0 unspecified atom stereocenters. The van der Waals surface area contributed by atoms with Gasteiger partial charge in [0.25, 0.3) is 5.91 Å². The second-order valence-corrected chi connectivity index (χ2v) is 5.12. The molecule has 0 aliphatic carbocycles. The van der Waals surface area contributed by atoms with Gasteiger partial charge in [-0.25, -0.2) is 0 Å². The highest BCUT2D eigenvalue weighted by Gasteiger charge is 2.20. The molecule has 106 valence electrons. The fraction of sp³-hybridized carbons (Fsp3) is 0.500. The molecule has 0 aliphatic heterocycles. The van der Waals surface area contributed by atoms with Crippen molar-refractivity contribution in [1.82, 2.24) is 5.32 Å². The summed E-state index contributed by atoms with van der Waals surface area (Å²) in [5.41, 5.74) is 0.154. The zero-order valence-electron chi connectivity index (χ0n) is 12.3. The van der Waals surface area contributed by atoms with Crippen molar-refractivity contribution in [3.05, 3.63) is 17.7 Å². The number of amides is 1. The maximum Gasteiger partial charge on any atom is 0.251 e. The summed E-state index contributed by atoms with van der Waals surface area (Å²) in [6.45, 7) is 5.76. The Kier molecular flexibility index (Phi) is 4.64. The van der Waals surface area contributed by atoms with Crippen LogP contribution in [0.3, 0.4) is 0 Å². The smallest absolute Gasteiger partial charge is 0.251 e. The second-order valence-electron chi connectivity index (χ2n) is 5.12. The Balaban J connectivity index is 3.19. The van der Waals surface area contributed by atoms with Gasteiger partial charge in [0.15, 0.2) is 11.5 Å². The molecule has 5 nitrogen and oxygen atoms in total. The number of ether oxygens (including phenoxy) is 3. The zero-order valence-corrected chi connectivity index (χ0v) is 12.3. The van der Waals surface area contributed by atoms with Gasteiger partial charge >= 0.3 is 0 Å². The average Bonchev–Trinajstić information content (AvgIpc) is 2.34. The Morgan fingerprint density at radius 1 is 1.00 bits per heavy atom. The summed E-state index contributed by atoms with van der Waals surface area (Å²) in [5, 5.41) is 2.88. The van der Waals surface area contributed by atoms with Crippen molar-refractivity contribution in [3.63, 3.8) is 0 Å². The first-order valence-electron chi connectivity index (χ1n) is 5.95. The predicted molar refractivity (Wildman–Crippen MR) is 73.3 cm³/mol. The maximum absolute atomic E-state index is 12.1. The van der Waals surface area contributed by atoms with Crippen LogP contribution in [0.15, 0.2) is 12.1 Å². The number of nitrogens with one attached hydrogen (secondary N) is 1. The monoisotopic (exact) mass is 267 g/mol. The minimum absolute atomic E-state index is 0.188. The summed E-state index contributed by atoms with van der Waals surface area (Å²) in [4.78, 5) is 12.1. The Labute approximate surface area is 113 Å². The van der Waals surface area contributed by atoms with E-state index in [1.165, 1.54) is 21.3 Å². The van der Waals surface area contributed by atoms with Gasteiger partial charge < -0.3 is 19.5 Å². The molecular weight excluding hydrogens is 246 g/mol. The molecule has 1 N–H and O–H groups in total. The minimum Gasteiger partial charge on any atom is -0.493 e. The van der Waals surface area contributed by atoms with E-state index >= 15 is 0 Å². The largest absolute Gasteiger partial charge is 0.493 e. The summed E-state index contributed by atoms with van der Waals surface area (Å²) >= 11 is 0. The van der Waals surface area contributed by atoms with Crippen molar-refractivity contribution in [3.8, 4) is 17.2 Å². The third kappa shape index (κ3) is 3.77. The van der Waals surface area contributed by atoms with Gasteiger partial charge in [-0.15, -0.1) is 0 Å². The number of methoxy groups -OCH3 is 3. The van der Waals surface area contributed by atoms with Crippen LogP contribution in [-0.2, 0) is 0 Å². The molecule has 19 heavy (non-hydrogen) atoms. The van der Waals surface area contributed by atoms with Crippen LogP contribution < -0.4 is 19.5 Å². The fourth-order valence-electron chi connectivity index (χ4n) is 1.62. The SMILES string of the molecule is COc1cc(C(=O)NC(C)(C)C)cc(OC)c1OC. The molecule has 0 spiro atoms. The van der Waals surface area contributed by atoms with E-state index in [2.05, 4.69) is 5.32 Å². The summed E-state index contributed by atoms with van der Waals surface area (Å²) in [6, 6.07) is 3.25. The van der Waals surface area contributed by atoms with Crippen LogP contribution in [0.4, 0.5) is 0 Å². The van der Waals surface area contributed by atoms with Gasteiger partial charge in [0.1, 0.15) is 0 Å². The highest BCUT2D eigenvalue weighted by Crippen LogP contribution is 2.38. The minimum atomic E-state index is -0.308. The number of hydrogen-bond donors (Lipinski definition) is 1. The van der Waals surface area contributed by atoms with Gasteiger partial charge in [0.05, 0.1) is 21.3 Å². The third-order valence-electron chi connectivity index (χ3n) is 2.42. The predicted octanol–water partition coefficient (Wildman–Crippen LogP) is 2.24.